The third-order valence-electron chi connectivity index (χ3n) is 6.60. The van der Waals surface area contributed by atoms with Crippen molar-refractivity contribution in [2.45, 2.75) is 70.5 Å². The monoisotopic (exact) mass is 406 g/mol. The summed E-state index contributed by atoms with van der Waals surface area (Å²) in [7, 11) is -1.98. The minimum Gasteiger partial charge on any atom is -0.366 e. The van der Waals surface area contributed by atoms with Crippen LogP contribution in [-0.2, 0) is 0 Å². The number of aromatic nitrogens is 2. The molecule has 0 radical (unpaired) electrons. The number of primary amides is 1. The molecule has 2 atom stereocenters. The quantitative estimate of drug-likeness (QED) is 0.580. The largest absolute Gasteiger partial charge is 0.366 e. The number of hydrogen-bond donors (Lipinski definition) is 1. The minimum atomic E-state index is -1.98. The Balaban J connectivity index is 2.28. The smallest absolute Gasteiger partial charge is 0.250 e. The number of carbonyl (C=O) groups excluding carboxylic acids is 1. The van der Waals surface area contributed by atoms with Crippen LogP contribution in [0.2, 0.25) is 16.6 Å². The molecule has 1 aliphatic rings. The maximum absolute atomic E-state index is 12.2. The molecule has 3 rings (SSSR count). The summed E-state index contributed by atoms with van der Waals surface area (Å²) < 4.78 is 1.77. The van der Waals surface area contributed by atoms with Crippen LogP contribution in [0.3, 0.4) is 0 Å². The van der Waals surface area contributed by atoms with Gasteiger partial charge >= 0.3 is 0 Å². The molecule has 2 N–H and O–H groups in total. The van der Waals surface area contributed by atoms with Crippen molar-refractivity contribution in [2.24, 2.45) is 11.7 Å². The van der Waals surface area contributed by atoms with Gasteiger partial charge in [-0.15, -0.1) is 5.54 Å². The number of nitriles is 1. The molecule has 0 aromatic carbocycles. The van der Waals surface area contributed by atoms with Crippen LogP contribution in [0.4, 0.5) is 0 Å². The Bertz CT molecular complexity index is 1030. The van der Waals surface area contributed by atoms with Gasteiger partial charge in [-0.05, 0) is 29.1 Å². The fourth-order valence-corrected chi connectivity index (χ4v) is 10.2. The first kappa shape index (κ1) is 21.1. The summed E-state index contributed by atoms with van der Waals surface area (Å²) in [5.41, 5.74) is 13.8. The lowest BCUT2D eigenvalue weighted by molar-refractivity contribution is 0.1000. The van der Waals surface area contributed by atoms with Gasteiger partial charge in [-0.2, -0.15) is 10.4 Å². The predicted octanol–water partition coefficient (Wildman–Crippen LogP) is 4.63. The molecule has 29 heavy (non-hydrogen) atoms. The van der Waals surface area contributed by atoms with Crippen LogP contribution in [0.15, 0.2) is 18.5 Å². The normalized spacial score (nSPS) is 18.8. The van der Waals surface area contributed by atoms with Gasteiger partial charge in [0.1, 0.15) is 8.07 Å². The van der Waals surface area contributed by atoms with E-state index in [1.807, 2.05) is 6.20 Å². The van der Waals surface area contributed by atoms with Gasteiger partial charge in [0, 0.05) is 17.7 Å². The van der Waals surface area contributed by atoms with Gasteiger partial charge in [0.25, 0.3) is 0 Å². The van der Waals surface area contributed by atoms with Crippen molar-refractivity contribution in [3.63, 3.8) is 0 Å². The number of amides is 1. The summed E-state index contributed by atoms with van der Waals surface area (Å²) in [6.45, 7) is 13.6. The van der Waals surface area contributed by atoms with Crippen LogP contribution >= 0.6 is 0 Å². The van der Waals surface area contributed by atoms with Crippen molar-refractivity contribution in [3.05, 3.63) is 35.2 Å². The second kappa shape index (κ2) is 7.69. The Morgan fingerprint density at radius 1 is 1.24 bits per heavy atom. The van der Waals surface area contributed by atoms with E-state index in [0.717, 1.165) is 17.5 Å². The predicted molar refractivity (Wildman–Crippen MR) is 118 cm³/mol. The van der Waals surface area contributed by atoms with Crippen LogP contribution in [-0.4, -0.2) is 23.6 Å². The first-order chi connectivity index (χ1) is 13.6. The number of hydrogen-bond acceptors (Lipinski definition) is 3. The molecule has 0 aliphatic heterocycles. The molecule has 5 nitrogen and oxygen atoms in total. The highest BCUT2D eigenvalue weighted by atomic mass is 28.3. The molecule has 1 amide bonds. The first-order valence-electron chi connectivity index (χ1n) is 10.4. The van der Waals surface area contributed by atoms with E-state index in [1.165, 1.54) is 0 Å². The summed E-state index contributed by atoms with van der Waals surface area (Å²) in [6, 6.07) is 4.04. The Labute approximate surface area is 174 Å². The van der Waals surface area contributed by atoms with Gasteiger partial charge in [0.2, 0.25) is 5.91 Å². The Kier molecular flexibility index (Phi) is 5.60. The van der Waals surface area contributed by atoms with E-state index >= 15 is 0 Å². The van der Waals surface area contributed by atoms with Crippen molar-refractivity contribution >= 4 is 19.5 Å². The zero-order valence-electron chi connectivity index (χ0n) is 18.2. The summed E-state index contributed by atoms with van der Waals surface area (Å²) in [5, 5.41) is 13.7. The molecule has 152 valence electrons. The van der Waals surface area contributed by atoms with E-state index in [0.29, 0.717) is 27.8 Å². The van der Waals surface area contributed by atoms with Crippen LogP contribution in [0.1, 0.15) is 75.4 Å². The average Bonchev–Trinajstić information content (AvgIpc) is 3.30. The molecule has 2 aromatic rings. The van der Waals surface area contributed by atoms with Gasteiger partial charge in [-0.1, -0.05) is 47.5 Å². The van der Waals surface area contributed by atoms with Gasteiger partial charge in [-0.25, -0.2) is 4.52 Å². The standard InChI is InChI=1S/C23H30N4OSi/c1-14(2)29(15(3)4,16(5)6)10-8-18-19(23(25)28)7-9-27-22(18)21(13-26-27)20-11-17(20)12-24/h7,9,13-17,20H,11H2,1-6H3,(H2,25,28). The summed E-state index contributed by atoms with van der Waals surface area (Å²) >= 11 is 0. The maximum atomic E-state index is 12.2. The molecule has 2 unspecified atom stereocenters. The van der Waals surface area contributed by atoms with Crippen molar-refractivity contribution in [1.82, 2.24) is 9.61 Å². The van der Waals surface area contributed by atoms with Gasteiger partial charge < -0.3 is 5.73 Å². The molecule has 0 saturated heterocycles. The first-order valence-corrected chi connectivity index (χ1v) is 12.6. The van der Waals surface area contributed by atoms with E-state index in [9.17, 15) is 10.1 Å². The van der Waals surface area contributed by atoms with Gasteiger partial charge in [0.15, 0.2) is 0 Å². The SMILES string of the molecule is CC(C)[Si](C#Cc1c(C(N)=O)ccn2ncc(C3CC3C#N)c12)(C(C)C)C(C)C. The summed E-state index contributed by atoms with van der Waals surface area (Å²) in [4.78, 5) is 12.2. The summed E-state index contributed by atoms with van der Waals surface area (Å²) in [5.74, 6) is 3.11. The van der Waals surface area contributed by atoms with Crippen molar-refractivity contribution in [2.75, 3.05) is 0 Å². The van der Waals surface area contributed by atoms with Crippen molar-refractivity contribution < 1.29 is 4.79 Å². The number of fused-ring (bicyclic) bond motifs is 1. The van der Waals surface area contributed by atoms with Crippen LogP contribution < -0.4 is 5.73 Å². The second-order valence-corrected chi connectivity index (χ2v) is 14.7. The lowest BCUT2D eigenvalue weighted by Crippen LogP contribution is -2.43. The molecular weight excluding hydrogens is 376 g/mol. The highest BCUT2D eigenvalue weighted by molar-refractivity contribution is 6.90. The molecule has 0 spiro atoms. The number of carbonyl (C=O) groups is 1. The molecule has 0 bridgehead atoms. The molecule has 1 saturated carbocycles. The molecule has 1 aliphatic carbocycles. The molecular formula is C23H30N4OSi. The number of rotatable bonds is 5. The fraction of sp³-hybridized carbons (Fsp3) is 0.522. The van der Waals surface area contributed by atoms with E-state index in [-0.39, 0.29) is 11.8 Å². The van der Waals surface area contributed by atoms with Crippen molar-refractivity contribution in [3.8, 4) is 17.5 Å². The van der Waals surface area contributed by atoms with E-state index < -0.39 is 14.0 Å². The highest BCUT2D eigenvalue weighted by Gasteiger charge is 2.43. The Morgan fingerprint density at radius 3 is 2.34 bits per heavy atom. The lowest BCUT2D eigenvalue weighted by atomic mass is 10.0. The Morgan fingerprint density at radius 2 is 1.86 bits per heavy atom. The van der Waals surface area contributed by atoms with Gasteiger partial charge in [-0.3, -0.25) is 4.79 Å². The van der Waals surface area contributed by atoms with Gasteiger partial charge in [0.05, 0.1) is 34.8 Å². The van der Waals surface area contributed by atoms with E-state index in [1.54, 1.807) is 16.8 Å². The van der Waals surface area contributed by atoms with Crippen LogP contribution in [0, 0.1) is 28.7 Å². The van der Waals surface area contributed by atoms with Crippen LogP contribution in [0.25, 0.3) is 5.52 Å². The average molecular weight is 407 g/mol. The van der Waals surface area contributed by atoms with Crippen molar-refractivity contribution in [1.29, 1.82) is 5.26 Å². The molecule has 6 heteroatoms. The third-order valence-corrected chi connectivity index (χ3v) is 12.9. The Hall–Kier alpha value is -2.57. The molecule has 1 fully saturated rings. The molecule has 2 aromatic heterocycles. The second-order valence-electron chi connectivity index (χ2n) is 9.09. The topological polar surface area (TPSA) is 84.2 Å². The fourth-order valence-electron chi connectivity index (χ4n) is 4.99. The number of pyridine rings is 1. The molecule has 2 heterocycles. The third kappa shape index (κ3) is 3.47. The zero-order chi connectivity index (χ0) is 21.5. The van der Waals surface area contributed by atoms with E-state index in [4.69, 9.17) is 5.73 Å². The van der Waals surface area contributed by atoms with E-state index in [2.05, 4.69) is 64.2 Å². The maximum Gasteiger partial charge on any atom is 0.250 e. The number of nitrogens with two attached hydrogens (primary N) is 1. The highest BCUT2D eigenvalue weighted by Crippen LogP contribution is 2.49. The summed E-state index contributed by atoms with van der Waals surface area (Å²) in [6.07, 6.45) is 4.39. The zero-order valence-corrected chi connectivity index (χ0v) is 19.2. The minimum absolute atomic E-state index is 0.0106. The van der Waals surface area contributed by atoms with Crippen LogP contribution in [0.5, 0.6) is 0 Å². The number of nitrogens with zero attached hydrogens (tertiary/aromatic N) is 3. The lowest BCUT2D eigenvalue weighted by Gasteiger charge is -2.38.